The summed E-state index contributed by atoms with van der Waals surface area (Å²) in [6.07, 6.45) is -0.444. The Morgan fingerprint density at radius 3 is 2.92 bits per heavy atom. The molecule has 2 amide bonds. The van der Waals surface area contributed by atoms with Crippen LogP contribution in [0.2, 0.25) is 0 Å². The largest absolute Gasteiger partial charge is 0.484 e. The van der Waals surface area contributed by atoms with Crippen LogP contribution in [0.15, 0.2) is 24.3 Å². The van der Waals surface area contributed by atoms with E-state index < -0.39 is 6.10 Å². The number of rotatable bonds is 7. The van der Waals surface area contributed by atoms with Crippen molar-refractivity contribution < 1.29 is 19.1 Å². The Kier molecular flexibility index (Phi) is 9.14. The molecule has 1 fully saturated rings. The SMILES string of the molecule is CCNC(=O)COc1cccc(CNC(=O)C2CNCCO2)c1.Cl. The van der Waals surface area contributed by atoms with Crippen LogP contribution in [0.25, 0.3) is 0 Å². The molecule has 0 saturated carbocycles. The van der Waals surface area contributed by atoms with Crippen molar-refractivity contribution in [1.29, 1.82) is 0 Å². The molecule has 24 heavy (non-hydrogen) atoms. The van der Waals surface area contributed by atoms with Crippen molar-refractivity contribution in [3.05, 3.63) is 29.8 Å². The predicted octanol–water partition coefficient (Wildman–Crippen LogP) is 0.228. The maximum absolute atomic E-state index is 12.0. The maximum atomic E-state index is 12.0. The average molecular weight is 358 g/mol. The van der Waals surface area contributed by atoms with E-state index >= 15 is 0 Å². The highest BCUT2D eigenvalue weighted by Crippen LogP contribution is 2.13. The number of amides is 2. The van der Waals surface area contributed by atoms with Crippen molar-refractivity contribution in [2.45, 2.75) is 19.6 Å². The van der Waals surface area contributed by atoms with Gasteiger partial charge in [0.25, 0.3) is 11.8 Å². The third kappa shape index (κ3) is 6.74. The average Bonchev–Trinajstić information content (AvgIpc) is 2.59. The molecule has 1 saturated heterocycles. The minimum atomic E-state index is -0.444. The molecule has 3 N–H and O–H groups in total. The summed E-state index contributed by atoms with van der Waals surface area (Å²) in [5, 5.41) is 8.63. The van der Waals surface area contributed by atoms with Gasteiger partial charge in [0, 0.05) is 26.2 Å². The monoisotopic (exact) mass is 357 g/mol. The van der Waals surface area contributed by atoms with Gasteiger partial charge in [0.15, 0.2) is 6.61 Å². The van der Waals surface area contributed by atoms with E-state index in [4.69, 9.17) is 9.47 Å². The summed E-state index contributed by atoms with van der Waals surface area (Å²) in [7, 11) is 0. The molecule has 1 atom stereocenters. The van der Waals surface area contributed by atoms with Gasteiger partial charge in [0.2, 0.25) is 0 Å². The van der Waals surface area contributed by atoms with Gasteiger partial charge in [-0.1, -0.05) is 12.1 Å². The number of hydrogen-bond acceptors (Lipinski definition) is 5. The van der Waals surface area contributed by atoms with Crippen LogP contribution in [0.3, 0.4) is 0 Å². The maximum Gasteiger partial charge on any atom is 0.257 e. The van der Waals surface area contributed by atoms with Crippen LogP contribution in [-0.2, 0) is 20.9 Å². The van der Waals surface area contributed by atoms with Crippen molar-refractivity contribution in [2.24, 2.45) is 0 Å². The zero-order valence-corrected chi connectivity index (χ0v) is 14.5. The zero-order chi connectivity index (χ0) is 16.5. The number of ether oxygens (including phenoxy) is 2. The van der Waals surface area contributed by atoms with Crippen LogP contribution < -0.4 is 20.7 Å². The fourth-order valence-corrected chi connectivity index (χ4v) is 2.18. The summed E-state index contributed by atoms with van der Waals surface area (Å²) in [4.78, 5) is 23.4. The predicted molar refractivity (Wildman–Crippen MR) is 92.3 cm³/mol. The van der Waals surface area contributed by atoms with Crippen molar-refractivity contribution in [3.8, 4) is 5.75 Å². The number of carbonyl (C=O) groups excluding carboxylic acids is 2. The normalized spacial score (nSPS) is 16.6. The van der Waals surface area contributed by atoms with Crippen LogP contribution >= 0.6 is 12.4 Å². The van der Waals surface area contributed by atoms with Crippen molar-refractivity contribution in [2.75, 3.05) is 32.8 Å². The first-order chi connectivity index (χ1) is 11.2. The molecule has 7 nitrogen and oxygen atoms in total. The number of morpholine rings is 1. The highest BCUT2D eigenvalue weighted by Gasteiger charge is 2.21. The van der Waals surface area contributed by atoms with Crippen molar-refractivity contribution >= 4 is 24.2 Å². The lowest BCUT2D eigenvalue weighted by atomic mass is 10.2. The number of carbonyl (C=O) groups is 2. The molecule has 134 valence electrons. The number of nitrogens with one attached hydrogen (secondary N) is 3. The number of hydrogen-bond donors (Lipinski definition) is 3. The smallest absolute Gasteiger partial charge is 0.257 e. The molecule has 0 bridgehead atoms. The molecular weight excluding hydrogens is 334 g/mol. The van der Waals surface area contributed by atoms with E-state index in [1.165, 1.54) is 0 Å². The van der Waals surface area contributed by atoms with Gasteiger partial charge in [-0.3, -0.25) is 9.59 Å². The Hall–Kier alpha value is -1.83. The molecular formula is C16H24ClN3O4. The second kappa shape index (κ2) is 10.9. The number of benzene rings is 1. The van der Waals surface area contributed by atoms with Crippen LogP contribution in [0, 0.1) is 0 Å². The lowest BCUT2D eigenvalue weighted by Crippen LogP contribution is -2.47. The molecule has 0 aliphatic carbocycles. The lowest BCUT2D eigenvalue weighted by molar-refractivity contribution is -0.134. The first-order valence-electron chi connectivity index (χ1n) is 7.77. The van der Waals surface area contributed by atoms with Gasteiger partial charge in [0.05, 0.1) is 6.61 Å². The second-order valence-electron chi connectivity index (χ2n) is 5.17. The summed E-state index contributed by atoms with van der Waals surface area (Å²) in [6.45, 7) is 4.64. The molecule has 1 heterocycles. The highest BCUT2D eigenvalue weighted by atomic mass is 35.5. The van der Waals surface area contributed by atoms with Gasteiger partial charge in [-0.25, -0.2) is 0 Å². The minimum Gasteiger partial charge on any atom is -0.484 e. The highest BCUT2D eigenvalue weighted by molar-refractivity contribution is 5.85. The molecule has 2 rings (SSSR count). The molecule has 1 aromatic rings. The number of halogens is 1. The van der Waals surface area contributed by atoms with Gasteiger partial charge in [-0.15, -0.1) is 12.4 Å². The van der Waals surface area contributed by atoms with Gasteiger partial charge < -0.3 is 25.4 Å². The van der Waals surface area contributed by atoms with Gasteiger partial charge in [0.1, 0.15) is 11.9 Å². The minimum absolute atomic E-state index is 0. The Labute approximate surface area is 147 Å². The van der Waals surface area contributed by atoms with E-state index in [1.807, 2.05) is 19.1 Å². The third-order valence-corrected chi connectivity index (χ3v) is 3.33. The summed E-state index contributed by atoms with van der Waals surface area (Å²) in [5.74, 6) is 0.303. The summed E-state index contributed by atoms with van der Waals surface area (Å²) >= 11 is 0. The Morgan fingerprint density at radius 2 is 2.21 bits per heavy atom. The lowest BCUT2D eigenvalue weighted by Gasteiger charge is -2.22. The molecule has 1 unspecified atom stereocenters. The third-order valence-electron chi connectivity index (χ3n) is 3.33. The van der Waals surface area contributed by atoms with Crippen LogP contribution in [0.4, 0.5) is 0 Å². The Bertz CT molecular complexity index is 536. The summed E-state index contributed by atoms with van der Waals surface area (Å²) in [5.41, 5.74) is 0.899. The Morgan fingerprint density at radius 1 is 1.38 bits per heavy atom. The van der Waals surface area contributed by atoms with Gasteiger partial charge >= 0.3 is 0 Å². The molecule has 1 aromatic carbocycles. The van der Waals surface area contributed by atoms with E-state index in [2.05, 4.69) is 16.0 Å². The molecule has 0 spiro atoms. The fraction of sp³-hybridized carbons (Fsp3) is 0.500. The van der Waals surface area contributed by atoms with Crippen molar-refractivity contribution in [1.82, 2.24) is 16.0 Å². The molecule has 1 aliphatic heterocycles. The first-order valence-corrected chi connectivity index (χ1v) is 7.77. The van der Waals surface area contributed by atoms with E-state index in [1.54, 1.807) is 12.1 Å². The standard InChI is InChI=1S/C16H23N3O4.ClH/c1-2-18-15(20)11-23-13-5-3-4-12(8-13)9-19-16(21)14-10-17-6-7-22-14;/h3-5,8,14,17H,2,6-7,9-11H2,1H3,(H,18,20)(H,19,21);1H. The zero-order valence-electron chi connectivity index (χ0n) is 13.7. The second-order valence-corrected chi connectivity index (χ2v) is 5.17. The van der Waals surface area contributed by atoms with Crippen LogP contribution in [0.1, 0.15) is 12.5 Å². The summed E-state index contributed by atoms with van der Waals surface area (Å²) in [6, 6.07) is 7.30. The van der Waals surface area contributed by atoms with Gasteiger partial charge in [-0.2, -0.15) is 0 Å². The molecule has 1 aliphatic rings. The van der Waals surface area contributed by atoms with Gasteiger partial charge in [-0.05, 0) is 24.6 Å². The molecule has 8 heteroatoms. The van der Waals surface area contributed by atoms with E-state index in [0.29, 0.717) is 32.0 Å². The van der Waals surface area contributed by atoms with Crippen LogP contribution in [0.5, 0.6) is 5.75 Å². The molecule has 0 radical (unpaired) electrons. The quantitative estimate of drug-likeness (QED) is 0.650. The Balaban J connectivity index is 0.00000288. The van der Waals surface area contributed by atoms with E-state index in [0.717, 1.165) is 12.1 Å². The summed E-state index contributed by atoms with van der Waals surface area (Å²) < 4.78 is 10.8. The van der Waals surface area contributed by atoms with E-state index in [-0.39, 0.29) is 30.8 Å². The topological polar surface area (TPSA) is 88.7 Å². The van der Waals surface area contributed by atoms with Crippen molar-refractivity contribution in [3.63, 3.8) is 0 Å². The van der Waals surface area contributed by atoms with Crippen LogP contribution in [-0.4, -0.2) is 50.8 Å². The molecule has 0 aromatic heterocycles. The fourth-order valence-electron chi connectivity index (χ4n) is 2.18. The first kappa shape index (κ1) is 20.2. The number of likely N-dealkylation sites (N-methyl/N-ethyl adjacent to an activating group) is 1. The van der Waals surface area contributed by atoms with E-state index in [9.17, 15) is 9.59 Å².